The summed E-state index contributed by atoms with van der Waals surface area (Å²) in [7, 11) is 0. The fourth-order valence-corrected chi connectivity index (χ4v) is 2.14. The van der Waals surface area contributed by atoms with Crippen LogP contribution >= 0.6 is 11.3 Å². The number of nitrogens with zero attached hydrogens (tertiary/aromatic N) is 1. The van der Waals surface area contributed by atoms with Crippen molar-refractivity contribution in [3.05, 3.63) is 57.3 Å². The minimum Gasteiger partial charge on any atom is -0.266 e. The fraction of sp³-hybridized carbons (Fsp3) is 0.143. The second-order valence-corrected chi connectivity index (χ2v) is 4.98. The lowest BCUT2D eigenvalue weighted by Gasteiger charge is -2.01. The van der Waals surface area contributed by atoms with Crippen LogP contribution in [0.25, 0.3) is 0 Å². The Kier molecular flexibility index (Phi) is 3.89. The lowest BCUT2D eigenvalue weighted by atomic mass is 10.1. The van der Waals surface area contributed by atoms with Crippen LogP contribution in [-0.4, -0.2) is 12.1 Å². The number of thiophene rings is 1. The summed E-state index contributed by atoms with van der Waals surface area (Å²) in [5.41, 5.74) is 5.84. The molecule has 1 aromatic heterocycles. The zero-order chi connectivity index (χ0) is 13.0. The lowest BCUT2D eigenvalue weighted by Crippen LogP contribution is -2.16. The smallest absolute Gasteiger partial charge is 0.266 e. The third kappa shape index (κ3) is 3.05. The number of hydrazone groups is 1. The van der Waals surface area contributed by atoms with Gasteiger partial charge >= 0.3 is 0 Å². The maximum Gasteiger partial charge on any atom is 0.281 e. The van der Waals surface area contributed by atoms with Crippen molar-refractivity contribution >= 4 is 23.5 Å². The average Bonchev–Trinajstić information content (AvgIpc) is 2.87. The number of aryl methyl sites for hydroxylation is 2. The topological polar surface area (TPSA) is 41.5 Å². The number of hydrogen-bond donors (Lipinski definition) is 1. The molecule has 18 heavy (non-hydrogen) atoms. The fourth-order valence-electron chi connectivity index (χ4n) is 1.52. The summed E-state index contributed by atoms with van der Waals surface area (Å²) in [6.07, 6.45) is 1.67. The van der Waals surface area contributed by atoms with Gasteiger partial charge in [0.25, 0.3) is 5.91 Å². The summed E-state index contributed by atoms with van der Waals surface area (Å²) in [6, 6.07) is 9.74. The van der Waals surface area contributed by atoms with E-state index in [0.29, 0.717) is 4.88 Å². The van der Waals surface area contributed by atoms with Gasteiger partial charge in [-0.1, -0.05) is 29.8 Å². The number of rotatable bonds is 3. The number of benzene rings is 1. The van der Waals surface area contributed by atoms with Crippen LogP contribution in [0.1, 0.15) is 26.4 Å². The van der Waals surface area contributed by atoms with E-state index in [1.165, 1.54) is 16.9 Å². The molecule has 0 bridgehead atoms. The molecule has 92 valence electrons. The zero-order valence-corrected chi connectivity index (χ0v) is 11.1. The van der Waals surface area contributed by atoms with E-state index >= 15 is 0 Å². The van der Waals surface area contributed by atoms with Crippen LogP contribution in [0.4, 0.5) is 0 Å². The first kappa shape index (κ1) is 12.5. The van der Waals surface area contributed by atoms with Crippen molar-refractivity contribution in [2.24, 2.45) is 5.10 Å². The number of nitrogens with one attached hydrogen (secondary N) is 1. The van der Waals surface area contributed by atoms with Crippen molar-refractivity contribution < 1.29 is 4.79 Å². The molecular formula is C14H14N2OS. The van der Waals surface area contributed by atoms with E-state index in [4.69, 9.17) is 0 Å². The van der Waals surface area contributed by atoms with Gasteiger partial charge in [0, 0.05) is 0 Å². The van der Waals surface area contributed by atoms with Gasteiger partial charge < -0.3 is 0 Å². The van der Waals surface area contributed by atoms with Crippen LogP contribution in [0, 0.1) is 13.8 Å². The van der Waals surface area contributed by atoms with Crippen LogP contribution in [0.3, 0.4) is 0 Å². The molecule has 0 atom stereocenters. The highest BCUT2D eigenvalue weighted by atomic mass is 32.1. The van der Waals surface area contributed by atoms with E-state index in [0.717, 1.165) is 11.1 Å². The van der Waals surface area contributed by atoms with Gasteiger partial charge in [0.2, 0.25) is 0 Å². The van der Waals surface area contributed by atoms with E-state index < -0.39 is 0 Å². The van der Waals surface area contributed by atoms with Crippen molar-refractivity contribution in [1.29, 1.82) is 0 Å². The van der Waals surface area contributed by atoms with Crippen molar-refractivity contribution in [3.63, 3.8) is 0 Å². The van der Waals surface area contributed by atoms with Gasteiger partial charge in [0.1, 0.15) is 0 Å². The standard InChI is InChI=1S/C14H14N2OS/c1-10-5-6-11(2)12(8-10)9-15-16-14(17)13-4-3-7-18-13/h3-9H,1-2H3,(H,16,17). The van der Waals surface area contributed by atoms with Crippen molar-refractivity contribution in [2.75, 3.05) is 0 Å². The Hall–Kier alpha value is -1.94. The van der Waals surface area contributed by atoms with Gasteiger partial charge in [-0.2, -0.15) is 5.10 Å². The molecule has 0 spiro atoms. The van der Waals surface area contributed by atoms with Gasteiger partial charge in [0.15, 0.2) is 0 Å². The van der Waals surface area contributed by atoms with Gasteiger partial charge in [-0.15, -0.1) is 11.3 Å². The highest BCUT2D eigenvalue weighted by molar-refractivity contribution is 7.12. The van der Waals surface area contributed by atoms with Crippen molar-refractivity contribution in [2.45, 2.75) is 13.8 Å². The van der Waals surface area contributed by atoms with Gasteiger partial charge in [-0.3, -0.25) is 4.79 Å². The average molecular weight is 258 g/mol. The zero-order valence-electron chi connectivity index (χ0n) is 10.3. The summed E-state index contributed by atoms with van der Waals surface area (Å²) in [6.45, 7) is 4.04. The summed E-state index contributed by atoms with van der Waals surface area (Å²) in [5.74, 6) is -0.174. The van der Waals surface area contributed by atoms with Crippen molar-refractivity contribution in [3.8, 4) is 0 Å². The van der Waals surface area contributed by atoms with E-state index in [1.807, 2.05) is 37.4 Å². The van der Waals surface area contributed by atoms with Crippen LogP contribution in [0.2, 0.25) is 0 Å². The molecule has 2 rings (SSSR count). The van der Waals surface area contributed by atoms with E-state index in [-0.39, 0.29) is 5.91 Å². The molecule has 1 amide bonds. The first-order valence-corrected chi connectivity index (χ1v) is 6.49. The number of hydrogen-bond acceptors (Lipinski definition) is 3. The monoisotopic (exact) mass is 258 g/mol. The largest absolute Gasteiger partial charge is 0.281 e. The summed E-state index contributed by atoms with van der Waals surface area (Å²) < 4.78 is 0. The molecule has 0 unspecified atom stereocenters. The molecule has 0 saturated heterocycles. The van der Waals surface area contributed by atoms with Crippen LogP contribution in [-0.2, 0) is 0 Å². The van der Waals surface area contributed by atoms with Crippen LogP contribution in [0.15, 0.2) is 40.8 Å². The third-order valence-electron chi connectivity index (χ3n) is 2.55. The number of amides is 1. The molecule has 0 radical (unpaired) electrons. The Bertz CT molecular complexity index is 573. The molecular weight excluding hydrogens is 244 g/mol. The van der Waals surface area contributed by atoms with Crippen molar-refractivity contribution in [1.82, 2.24) is 5.43 Å². The highest BCUT2D eigenvalue weighted by Gasteiger charge is 2.03. The van der Waals surface area contributed by atoms with Crippen LogP contribution in [0.5, 0.6) is 0 Å². The van der Waals surface area contributed by atoms with Gasteiger partial charge in [-0.05, 0) is 36.4 Å². The Morgan fingerprint density at radius 2 is 2.17 bits per heavy atom. The quantitative estimate of drug-likeness (QED) is 0.667. The molecule has 0 aliphatic heterocycles. The minimum absolute atomic E-state index is 0.174. The Labute approximate surface area is 110 Å². The summed E-state index contributed by atoms with van der Waals surface area (Å²) >= 11 is 1.40. The molecule has 1 N–H and O–H groups in total. The Balaban J connectivity index is 2.03. The molecule has 4 heteroatoms. The van der Waals surface area contributed by atoms with Crippen LogP contribution < -0.4 is 5.43 Å². The van der Waals surface area contributed by atoms with E-state index in [2.05, 4.69) is 16.6 Å². The molecule has 2 aromatic rings. The molecule has 3 nitrogen and oxygen atoms in total. The maximum absolute atomic E-state index is 11.6. The van der Waals surface area contributed by atoms with E-state index in [9.17, 15) is 4.79 Å². The van der Waals surface area contributed by atoms with Gasteiger partial charge in [-0.25, -0.2) is 5.43 Å². The second-order valence-electron chi connectivity index (χ2n) is 4.04. The normalized spacial score (nSPS) is 10.8. The first-order chi connectivity index (χ1) is 8.66. The SMILES string of the molecule is Cc1ccc(C)c(C=NNC(=O)c2cccs2)c1. The molecule has 0 aliphatic rings. The molecule has 0 saturated carbocycles. The predicted octanol–water partition coefficient (Wildman–Crippen LogP) is 3.13. The first-order valence-electron chi connectivity index (χ1n) is 5.61. The molecule has 0 fully saturated rings. The minimum atomic E-state index is -0.174. The molecule has 1 aromatic carbocycles. The Morgan fingerprint density at radius 3 is 2.89 bits per heavy atom. The maximum atomic E-state index is 11.6. The second kappa shape index (κ2) is 5.60. The number of carbonyl (C=O) groups is 1. The van der Waals surface area contributed by atoms with Gasteiger partial charge in [0.05, 0.1) is 11.1 Å². The number of carbonyl (C=O) groups excluding carboxylic acids is 1. The highest BCUT2D eigenvalue weighted by Crippen LogP contribution is 2.09. The summed E-state index contributed by atoms with van der Waals surface area (Å²) in [5, 5.41) is 5.85. The summed E-state index contributed by atoms with van der Waals surface area (Å²) in [4.78, 5) is 12.3. The predicted molar refractivity (Wildman–Crippen MR) is 75.3 cm³/mol. The molecule has 1 heterocycles. The third-order valence-corrected chi connectivity index (χ3v) is 3.42. The molecule has 0 aliphatic carbocycles. The van der Waals surface area contributed by atoms with E-state index in [1.54, 1.807) is 12.3 Å². The lowest BCUT2D eigenvalue weighted by molar-refractivity contribution is 0.0959. The Morgan fingerprint density at radius 1 is 1.33 bits per heavy atom.